The van der Waals surface area contributed by atoms with Gasteiger partial charge in [0.25, 0.3) is 0 Å². The number of carbonyl (C=O) groups is 2. The highest BCUT2D eigenvalue weighted by Crippen LogP contribution is 2.19. The van der Waals surface area contributed by atoms with E-state index in [-0.39, 0.29) is 6.10 Å². The zero-order chi connectivity index (χ0) is 14.5. The lowest BCUT2D eigenvalue weighted by Gasteiger charge is -2.27. The molecule has 0 bridgehead atoms. The van der Waals surface area contributed by atoms with Crippen molar-refractivity contribution in [1.82, 2.24) is 9.55 Å². The van der Waals surface area contributed by atoms with E-state index in [1.54, 1.807) is 24.5 Å². The van der Waals surface area contributed by atoms with Crippen molar-refractivity contribution < 1.29 is 19.1 Å². The predicted molar refractivity (Wildman–Crippen MR) is 72.4 cm³/mol. The number of rotatable bonds is 6. The van der Waals surface area contributed by atoms with E-state index in [9.17, 15) is 9.59 Å². The van der Waals surface area contributed by atoms with Gasteiger partial charge in [-0.25, -0.2) is 9.78 Å². The minimum atomic E-state index is -0.410. The number of imidazole rings is 1. The number of carbonyl (C=O) groups excluding carboxylic acids is 2. The Hall–Kier alpha value is -1.95. The maximum Gasteiger partial charge on any atom is 0.330 e. The van der Waals surface area contributed by atoms with Gasteiger partial charge in [0.15, 0.2) is 12.1 Å². The van der Waals surface area contributed by atoms with Gasteiger partial charge in [-0.3, -0.25) is 4.79 Å². The fourth-order valence-electron chi connectivity index (χ4n) is 2.07. The zero-order valence-electron chi connectivity index (χ0n) is 11.7. The van der Waals surface area contributed by atoms with Crippen LogP contribution in [0.4, 0.5) is 0 Å². The monoisotopic (exact) mass is 278 g/mol. The summed E-state index contributed by atoms with van der Waals surface area (Å²) in [5.41, 5.74) is 1.43. The van der Waals surface area contributed by atoms with Gasteiger partial charge in [-0.15, -0.1) is 0 Å². The average Bonchev–Trinajstić information content (AvgIpc) is 2.67. The van der Waals surface area contributed by atoms with E-state index in [1.165, 1.54) is 6.08 Å². The molecule has 108 valence electrons. The summed E-state index contributed by atoms with van der Waals surface area (Å²) in [6.45, 7) is 5.20. The van der Waals surface area contributed by atoms with Crippen LogP contribution in [-0.4, -0.2) is 41.1 Å². The number of nitrogens with zero attached hydrogens (tertiary/aromatic N) is 2. The zero-order valence-corrected chi connectivity index (χ0v) is 11.7. The van der Waals surface area contributed by atoms with Crippen LogP contribution < -0.4 is 0 Å². The smallest absolute Gasteiger partial charge is 0.330 e. The van der Waals surface area contributed by atoms with Crippen molar-refractivity contribution in [3.05, 3.63) is 23.3 Å². The first-order valence-corrected chi connectivity index (χ1v) is 6.64. The topological polar surface area (TPSA) is 70.4 Å². The largest absolute Gasteiger partial charge is 0.463 e. The number of esters is 1. The van der Waals surface area contributed by atoms with E-state index in [2.05, 4.69) is 4.98 Å². The van der Waals surface area contributed by atoms with Crippen LogP contribution in [0.2, 0.25) is 0 Å². The molecule has 0 aromatic carbocycles. The van der Waals surface area contributed by atoms with E-state index >= 15 is 0 Å². The SMILES string of the molecule is CCOC(=O)C=Cc1c(C)nc(C=O)n1CC1CCO1. The summed E-state index contributed by atoms with van der Waals surface area (Å²) >= 11 is 0. The van der Waals surface area contributed by atoms with Crippen LogP contribution >= 0.6 is 0 Å². The Bertz CT molecular complexity index is 530. The minimum Gasteiger partial charge on any atom is -0.463 e. The molecule has 1 atom stereocenters. The normalized spacial score (nSPS) is 18.0. The number of hydrogen-bond donors (Lipinski definition) is 0. The second kappa shape index (κ2) is 6.47. The maximum absolute atomic E-state index is 11.4. The highest BCUT2D eigenvalue weighted by Gasteiger charge is 2.22. The van der Waals surface area contributed by atoms with Crippen LogP contribution in [0.1, 0.15) is 35.4 Å². The van der Waals surface area contributed by atoms with Crippen molar-refractivity contribution in [2.45, 2.75) is 32.9 Å². The van der Waals surface area contributed by atoms with Crippen molar-refractivity contribution in [3.63, 3.8) is 0 Å². The molecule has 1 unspecified atom stereocenters. The summed E-state index contributed by atoms with van der Waals surface area (Å²) in [5, 5.41) is 0. The lowest BCUT2D eigenvalue weighted by molar-refractivity contribution is -0.137. The molecule has 1 aromatic rings. The molecule has 2 heterocycles. The van der Waals surface area contributed by atoms with Gasteiger partial charge in [-0.1, -0.05) is 0 Å². The van der Waals surface area contributed by atoms with Gasteiger partial charge in [-0.2, -0.15) is 0 Å². The number of ether oxygens (including phenoxy) is 2. The van der Waals surface area contributed by atoms with Crippen molar-refractivity contribution >= 4 is 18.3 Å². The van der Waals surface area contributed by atoms with Gasteiger partial charge >= 0.3 is 5.97 Å². The van der Waals surface area contributed by atoms with E-state index in [4.69, 9.17) is 9.47 Å². The van der Waals surface area contributed by atoms with Crippen molar-refractivity contribution in [2.24, 2.45) is 0 Å². The van der Waals surface area contributed by atoms with E-state index in [1.807, 2.05) is 0 Å². The van der Waals surface area contributed by atoms with Crippen LogP contribution in [0.15, 0.2) is 6.08 Å². The third-order valence-corrected chi connectivity index (χ3v) is 3.17. The molecule has 6 nitrogen and oxygen atoms in total. The number of aromatic nitrogens is 2. The highest BCUT2D eigenvalue weighted by atomic mass is 16.5. The molecule has 0 spiro atoms. The van der Waals surface area contributed by atoms with Gasteiger partial charge in [0.2, 0.25) is 0 Å². The summed E-state index contributed by atoms with van der Waals surface area (Å²) < 4.78 is 12.0. The summed E-state index contributed by atoms with van der Waals surface area (Å²) in [4.78, 5) is 26.7. The number of aryl methyl sites for hydroxylation is 1. The molecular weight excluding hydrogens is 260 g/mol. The second-order valence-electron chi connectivity index (χ2n) is 4.54. The summed E-state index contributed by atoms with van der Waals surface area (Å²) in [6, 6.07) is 0. The lowest BCUT2D eigenvalue weighted by Crippen LogP contribution is -2.32. The molecule has 6 heteroatoms. The third-order valence-electron chi connectivity index (χ3n) is 3.17. The average molecular weight is 278 g/mol. The van der Waals surface area contributed by atoms with Crippen LogP contribution in [0.5, 0.6) is 0 Å². The van der Waals surface area contributed by atoms with Gasteiger partial charge < -0.3 is 14.0 Å². The van der Waals surface area contributed by atoms with Crippen molar-refractivity contribution in [2.75, 3.05) is 13.2 Å². The van der Waals surface area contributed by atoms with Gasteiger partial charge in [0, 0.05) is 12.7 Å². The van der Waals surface area contributed by atoms with Crippen LogP contribution in [-0.2, 0) is 20.8 Å². The first-order chi connectivity index (χ1) is 9.65. The summed E-state index contributed by atoms with van der Waals surface area (Å²) in [6.07, 6.45) is 4.77. The summed E-state index contributed by atoms with van der Waals surface area (Å²) in [7, 11) is 0. The minimum absolute atomic E-state index is 0.108. The standard InChI is InChI=1S/C14H18N2O4/c1-3-19-14(18)5-4-12-10(2)15-13(9-17)16(12)8-11-6-7-20-11/h4-5,9,11H,3,6-8H2,1-2H3. The van der Waals surface area contributed by atoms with Gasteiger partial charge in [-0.05, 0) is 26.3 Å². The second-order valence-corrected chi connectivity index (χ2v) is 4.54. The first kappa shape index (κ1) is 14.5. The Kier molecular flexibility index (Phi) is 4.68. The number of hydrogen-bond acceptors (Lipinski definition) is 5. The van der Waals surface area contributed by atoms with E-state index in [0.717, 1.165) is 18.7 Å². The van der Waals surface area contributed by atoms with Crippen LogP contribution in [0, 0.1) is 6.92 Å². The molecule has 1 aliphatic heterocycles. The van der Waals surface area contributed by atoms with Crippen molar-refractivity contribution in [1.29, 1.82) is 0 Å². The molecule has 0 aliphatic carbocycles. The first-order valence-electron chi connectivity index (χ1n) is 6.64. The predicted octanol–water partition coefficient (Wildman–Crippen LogP) is 1.37. The molecule has 0 amide bonds. The molecule has 1 aromatic heterocycles. The molecule has 1 saturated heterocycles. The molecule has 1 aliphatic rings. The van der Waals surface area contributed by atoms with Crippen LogP contribution in [0.25, 0.3) is 6.08 Å². The molecular formula is C14H18N2O4. The van der Waals surface area contributed by atoms with E-state index in [0.29, 0.717) is 31.0 Å². The Morgan fingerprint density at radius 2 is 2.35 bits per heavy atom. The fraction of sp³-hybridized carbons (Fsp3) is 0.500. The third kappa shape index (κ3) is 3.14. The fourth-order valence-corrected chi connectivity index (χ4v) is 2.07. The molecule has 0 saturated carbocycles. The summed E-state index contributed by atoms with van der Waals surface area (Å²) in [5.74, 6) is -0.0614. The Labute approximate surface area is 117 Å². The molecule has 1 fully saturated rings. The Morgan fingerprint density at radius 3 is 2.90 bits per heavy atom. The maximum atomic E-state index is 11.4. The van der Waals surface area contributed by atoms with Crippen molar-refractivity contribution in [3.8, 4) is 0 Å². The number of aldehydes is 1. The molecule has 0 radical (unpaired) electrons. The molecule has 0 N–H and O–H groups in total. The highest BCUT2D eigenvalue weighted by molar-refractivity contribution is 5.87. The van der Waals surface area contributed by atoms with Crippen LogP contribution in [0.3, 0.4) is 0 Å². The molecule has 2 rings (SSSR count). The Morgan fingerprint density at radius 1 is 1.60 bits per heavy atom. The van der Waals surface area contributed by atoms with Gasteiger partial charge in [0.1, 0.15) is 0 Å². The lowest BCUT2D eigenvalue weighted by atomic mass is 10.2. The van der Waals surface area contributed by atoms with Gasteiger partial charge in [0.05, 0.1) is 30.6 Å². The molecule has 20 heavy (non-hydrogen) atoms. The van der Waals surface area contributed by atoms with E-state index < -0.39 is 5.97 Å². The quantitative estimate of drug-likeness (QED) is 0.446. The Balaban J connectivity index is 2.23.